The lowest BCUT2D eigenvalue weighted by molar-refractivity contribution is 0.100. The molecule has 2 heterocycles. The van der Waals surface area contributed by atoms with Crippen molar-refractivity contribution < 1.29 is 18.0 Å². The number of hydrogen-bond acceptors (Lipinski definition) is 5. The summed E-state index contributed by atoms with van der Waals surface area (Å²) in [6, 6.07) is 13.1. The van der Waals surface area contributed by atoms with Crippen LogP contribution < -0.4 is 15.4 Å². The SMILES string of the molecule is Cc1sc(NC(=O)c2cccc(S(=O)(=O)N3c4ccccc4CC3C)c2)c(C(N)=O)c1C. The third-order valence-corrected chi connectivity index (χ3v) is 8.70. The first kappa shape index (κ1) is 22.0. The first-order valence-corrected chi connectivity index (χ1v) is 12.3. The van der Waals surface area contributed by atoms with Gasteiger partial charge in [-0.3, -0.25) is 13.9 Å². The highest BCUT2D eigenvalue weighted by molar-refractivity contribution is 7.92. The van der Waals surface area contributed by atoms with E-state index < -0.39 is 21.8 Å². The minimum Gasteiger partial charge on any atom is -0.365 e. The monoisotopic (exact) mass is 469 g/mol. The van der Waals surface area contributed by atoms with Crippen LogP contribution in [0.15, 0.2) is 53.4 Å². The van der Waals surface area contributed by atoms with E-state index in [1.54, 1.807) is 13.0 Å². The summed E-state index contributed by atoms with van der Waals surface area (Å²) in [7, 11) is -3.87. The lowest BCUT2D eigenvalue weighted by atomic mass is 10.1. The smallest absolute Gasteiger partial charge is 0.264 e. The molecular formula is C23H23N3O4S2. The van der Waals surface area contributed by atoms with E-state index in [2.05, 4.69) is 5.32 Å². The maximum Gasteiger partial charge on any atom is 0.264 e. The fraction of sp³-hybridized carbons (Fsp3) is 0.217. The quantitative estimate of drug-likeness (QED) is 0.591. The Morgan fingerprint density at radius 3 is 2.56 bits per heavy atom. The zero-order chi connectivity index (χ0) is 23.2. The van der Waals surface area contributed by atoms with Crippen LogP contribution in [-0.4, -0.2) is 26.3 Å². The molecule has 0 saturated carbocycles. The van der Waals surface area contributed by atoms with Gasteiger partial charge in [0.15, 0.2) is 0 Å². The van der Waals surface area contributed by atoms with E-state index in [9.17, 15) is 18.0 Å². The van der Waals surface area contributed by atoms with Crippen LogP contribution in [0.4, 0.5) is 10.7 Å². The number of para-hydroxylation sites is 1. The fourth-order valence-electron chi connectivity index (χ4n) is 4.00. The molecule has 3 N–H and O–H groups in total. The number of benzene rings is 2. The molecule has 9 heteroatoms. The molecule has 1 atom stereocenters. The van der Waals surface area contributed by atoms with E-state index in [0.717, 1.165) is 16.0 Å². The number of sulfonamides is 1. The Bertz CT molecular complexity index is 1350. The van der Waals surface area contributed by atoms with Crippen LogP contribution in [0.2, 0.25) is 0 Å². The number of nitrogens with two attached hydrogens (primary N) is 1. The predicted octanol–water partition coefficient (Wildman–Crippen LogP) is 3.86. The van der Waals surface area contributed by atoms with Gasteiger partial charge in [0.2, 0.25) is 0 Å². The third kappa shape index (κ3) is 3.67. The van der Waals surface area contributed by atoms with E-state index >= 15 is 0 Å². The highest BCUT2D eigenvalue weighted by atomic mass is 32.2. The molecule has 0 saturated heterocycles. The van der Waals surface area contributed by atoms with Gasteiger partial charge < -0.3 is 11.1 Å². The van der Waals surface area contributed by atoms with Gasteiger partial charge in [0.05, 0.1) is 16.1 Å². The summed E-state index contributed by atoms with van der Waals surface area (Å²) in [6.45, 7) is 5.47. The molecule has 0 bridgehead atoms. The van der Waals surface area contributed by atoms with Gasteiger partial charge in [-0.1, -0.05) is 24.3 Å². The Hall–Kier alpha value is -3.17. The van der Waals surface area contributed by atoms with Crippen molar-refractivity contribution in [2.75, 3.05) is 9.62 Å². The molecule has 1 aliphatic heterocycles. The van der Waals surface area contributed by atoms with Gasteiger partial charge in [-0.25, -0.2) is 8.42 Å². The second kappa shape index (κ2) is 8.07. The van der Waals surface area contributed by atoms with Crippen LogP contribution in [0.25, 0.3) is 0 Å². The molecule has 0 spiro atoms. The third-order valence-electron chi connectivity index (χ3n) is 5.66. The van der Waals surface area contributed by atoms with Crippen molar-refractivity contribution in [2.24, 2.45) is 5.73 Å². The molecule has 0 aliphatic carbocycles. The number of anilines is 2. The van der Waals surface area contributed by atoms with Crippen LogP contribution in [0.5, 0.6) is 0 Å². The standard InChI is InChI=1S/C23H23N3O4S2/c1-13-11-16-7-4-5-10-19(16)26(13)32(29,30)18-9-6-8-17(12-18)22(28)25-23-20(21(24)27)14(2)15(3)31-23/h4-10,12-13H,11H2,1-3H3,(H2,24,27)(H,25,28). The van der Waals surface area contributed by atoms with Crippen molar-refractivity contribution in [3.63, 3.8) is 0 Å². The first-order chi connectivity index (χ1) is 15.1. The number of nitrogens with one attached hydrogen (secondary N) is 1. The van der Waals surface area contributed by atoms with Gasteiger partial charge in [-0.2, -0.15) is 0 Å². The number of hydrogen-bond donors (Lipinski definition) is 2. The van der Waals surface area contributed by atoms with E-state index in [4.69, 9.17) is 5.73 Å². The number of fused-ring (bicyclic) bond motifs is 1. The summed E-state index contributed by atoms with van der Waals surface area (Å²) < 4.78 is 28.3. The first-order valence-electron chi connectivity index (χ1n) is 10.0. The summed E-state index contributed by atoms with van der Waals surface area (Å²) in [4.78, 5) is 25.6. The molecule has 32 heavy (non-hydrogen) atoms. The zero-order valence-corrected chi connectivity index (χ0v) is 19.5. The maximum atomic E-state index is 13.5. The fourth-order valence-corrected chi connectivity index (χ4v) is 6.80. The van der Waals surface area contributed by atoms with Crippen molar-refractivity contribution >= 4 is 43.9 Å². The lowest BCUT2D eigenvalue weighted by Crippen LogP contribution is -2.35. The molecular weight excluding hydrogens is 446 g/mol. The number of nitrogens with zero attached hydrogens (tertiary/aromatic N) is 1. The van der Waals surface area contributed by atoms with E-state index in [1.165, 1.54) is 39.9 Å². The van der Waals surface area contributed by atoms with Gasteiger partial charge in [0.1, 0.15) is 5.00 Å². The van der Waals surface area contributed by atoms with Crippen molar-refractivity contribution in [2.45, 2.75) is 38.1 Å². The van der Waals surface area contributed by atoms with Gasteiger partial charge >= 0.3 is 0 Å². The van der Waals surface area contributed by atoms with Gasteiger partial charge in [-0.05, 0) is 62.6 Å². The highest BCUT2D eigenvalue weighted by Gasteiger charge is 2.36. The van der Waals surface area contributed by atoms with Crippen LogP contribution in [0.1, 0.15) is 43.6 Å². The average Bonchev–Trinajstić information content (AvgIpc) is 3.23. The second-order valence-corrected chi connectivity index (χ2v) is 10.9. The molecule has 1 unspecified atom stereocenters. The molecule has 166 valence electrons. The van der Waals surface area contributed by atoms with E-state index in [1.807, 2.05) is 32.0 Å². The lowest BCUT2D eigenvalue weighted by Gasteiger charge is -2.24. The summed E-state index contributed by atoms with van der Waals surface area (Å²) in [6.07, 6.45) is 0.628. The maximum absolute atomic E-state index is 13.5. The van der Waals surface area contributed by atoms with Crippen LogP contribution in [0, 0.1) is 13.8 Å². The normalized spacial score (nSPS) is 15.5. The number of rotatable bonds is 5. The highest BCUT2D eigenvalue weighted by Crippen LogP contribution is 2.37. The van der Waals surface area contributed by atoms with Gasteiger partial charge in [0, 0.05) is 16.5 Å². The minimum atomic E-state index is -3.87. The summed E-state index contributed by atoms with van der Waals surface area (Å²) in [5, 5.41) is 3.07. The Morgan fingerprint density at radius 1 is 1.12 bits per heavy atom. The Kier molecular flexibility index (Phi) is 5.56. The summed E-state index contributed by atoms with van der Waals surface area (Å²) in [5.41, 5.74) is 8.27. The minimum absolute atomic E-state index is 0.0300. The molecule has 7 nitrogen and oxygen atoms in total. The molecule has 1 aliphatic rings. The predicted molar refractivity (Wildman–Crippen MR) is 126 cm³/mol. The Morgan fingerprint density at radius 2 is 1.84 bits per heavy atom. The molecule has 0 fully saturated rings. The van der Waals surface area contributed by atoms with Crippen molar-refractivity contribution in [1.82, 2.24) is 0 Å². The average molecular weight is 470 g/mol. The molecule has 1 aromatic heterocycles. The molecule has 2 amide bonds. The number of carbonyl (C=O) groups excluding carboxylic acids is 2. The van der Waals surface area contributed by atoms with Gasteiger partial charge in [0.25, 0.3) is 21.8 Å². The number of thiophene rings is 1. The summed E-state index contributed by atoms with van der Waals surface area (Å²) in [5.74, 6) is -1.14. The summed E-state index contributed by atoms with van der Waals surface area (Å²) >= 11 is 1.26. The molecule has 3 aromatic rings. The molecule has 4 rings (SSSR count). The van der Waals surface area contributed by atoms with Crippen LogP contribution >= 0.6 is 11.3 Å². The van der Waals surface area contributed by atoms with E-state index in [0.29, 0.717) is 17.1 Å². The topological polar surface area (TPSA) is 110 Å². The Balaban J connectivity index is 1.67. The van der Waals surface area contributed by atoms with Gasteiger partial charge in [-0.15, -0.1) is 11.3 Å². The van der Waals surface area contributed by atoms with Crippen molar-refractivity contribution in [3.05, 3.63) is 75.7 Å². The number of amides is 2. The number of primary amides is 1. The van der Waals surface area contributed by atoms with E-state index in [-0.39, 0.29) is 22.1 Å². The molecule has 2 aromatic carbocycles. The Labute approximate surface area is 190 Å². The van der Waals surface area contributed by atoms with Crippen LogP contribution in [-0.2, 0) is 16.4 Å². The molecule has 0 radical (unpaired) electrons. The van der Waals surface area contributed by atoms with Crippen molar-refractivity contribution in [3.8, 4) is 0 Å². The van der Waals surface area contributed by atoms with Crippen molar-refractivity contribution in [1.29, 1.82) is 0 Å². The number of carbonyl (C=O) groups is 2. The van der Waals surface area contributed by atoms with Crippen LogP contribution in [0.3, 0.4) is 0 Å². The second-order valence-electron chi connectivity index (χ2n) is 7.82. The largest absolute Gasteiger partial charge is 0.365 e. The zero-order valence-electron chi connectivity index (χ0n) is 17.9. The number of aryl methyl sites for hydroxylation is 1.